The minimum absolute atomic E-state index is 0.0647. The first-order valence-electron chi connectivity index (χ1n) is 10.5. The Kier molecular flexibility index (Phi) is 11.4. The molecule has 0 aliphatic heterocycles. The van der Waals surface area contributed by atoms with Gasteiger partial charge in [0, 0.05) is 13.1 Å². The molecule has 33 heavy (non-hydrogen) atoms. The van der Waals surface area contributed by atoms with Gasteiger partial charge in [-0.3, -0.25) is 8.37 Å². The van der Waals surface area contributed by atoms with E-state index in [1.807, 2.05) is 13.8 Å². The Balaban J connectivity index is 1.44. The van der Waals surface area contributed by atoms with E-state index in [1.165, 1.54) is 24.3 Å². The second kappa shape index (κ2) is 13.8. The molecule has 0 unspecified atom stereocenters. The van der Waals surface area contributed by atoms with Gasteiger partial charge in [-0.1, -0.05) is 35.4 Å². The Morgan fingerprint density at radius 3 is 1.30 bits per heavy atom. The van der Waals surface area contributed by atoms with Crippen LogP contribution in [0.25, 0.3) is 0 Å². The van der Waals surface area contributed by atoms with Gasteiger partial charge in [0.05, 0.1) is 49.4 Å². The first-order valence-corrected chi connectivity index (χ1v) is 13.3. The van der Waals surface area contributed by atoms with Gasteiger partial charge in [-0.25, -0.2) is 0 Å². The fourth-order valence-electron chi connectivity index (χ4n) is 2.57. The van der Waals surface area contributed by atoms with Gasteiger partial charge in [0.15, 0.2) is 0 Å². The van der Waals surface area contributed by atoms with E-state index in [0.717, 1.165) is 11.1 Å². The second-order valence-electron chi connectivity index (χ2n) is 7.15. The highest BCUT2D eigenvalue weighted by atomic mass is 32.2. The molecule has 0 radical (unpaired) electrons. The van der Waals surface area contributed by atoms with Crippen molar-refractivity contribution in [2.24, 2.45) is 0 Å². The molecule has 0 aliphatic carbocycles. The summed E-state index contributed by atoms with van der Waals surface area (Å²) in [7, 11) is -7.55. The van der Waals surface area contributed by atoms with Crippen molar-refractivity contribution in [3.8, 4) is 0 Å². The Bertz CT molecular complexity index is 951. The predicted molar refractivity (Wildman–Crippen MR) is 123 cm³/mol. The minimum atomic E-state index is -3.78. The molecule has 9 nitrogen and oxygen atoms in total. The molecule has 11 heteroatoms. The van der Waals surface area contributed by atoms with E-state index in [4.69, 9.17) is 17.8 Å². The van der Waals surface area contributed by atoms with Crippen LogP contribution in [0.2, 0.25) is 0 Å². The predicted octanol–water partition coefficient (Wildman–Crippen LogP) is 2.04. The summed E-state index contributed by atoms with van der Waals surface area (Å²) in [5, 5.41) is 3.09. The summed E-state index contributed by atoms with van der Waals surface area (Å²) in [5.41, 5.74) is 1.93. The lowest BCUT2D eigenvalue weighted by molar-refractivity contribution is 0.0924. The zero-order valence-electron chi connectivity index (χ0n) is 18.9. The molecule has 2 aromatic carbocycles. The molecule has 2 aromatic rings. The molecule has 0 aromatic heterocycles. The lowest BCUT2D eigenvalue weighted by Gasteiger charge is -2.09. The van der Waals surface area contributed by atoms with Crippen molar-refractivity contribution in [3.05, 3.63) is 59.7 Å². The third-order valence-corrected chi connectivity index (χ3v) is 7.05. The van der Waals surface area contributed by atoms with E-state index in [0.29, 0.717) is 26.3 Å². The molecule has 0 heterocycles. The second-order valence-corrected chi connectivity index (χ2v) is 10.4. The zero-order chi connectivity index (χ0) is 24.2. The molecule has 0 spiro atoms. The van der Waals surface area contributed by atoms with Crippen LogP contribution in [-0.2, 0) is 38.1 Å². The minimum Gasteiger partial charge on any atom is -0.378 e. The summed E-state index contributed by atoms with van der Waals surface area (Å²) < 4.78 is 68.6. The van der Waals surface area contributed by atoms with Crippen LogP contribution in [-0.4, -0.2) is 69.6 Å². The normalized spacial score (nSPS) is 12.2. The Morgan fingerprint density at radius 1 is 0.576 bits per heavy atom. The molecule has 0 saturated carbocycles. The Labute approximate surface area is 196 Å². The highest BCUT2D eigenvalue weighted by molar-refractivity contribution is 7.87. The van der Waals surface area contributed by atoms with Gasteiger partial charge in [0.25, 0.3) is 20.2 Å². The van der Waals surface area contributed by atoms with E-state index in [9.17, 15) is 16.8 Å². The SMILES string of the molecule is Cc1ccc(S(=O)(=O)OCCOCCNCCOCCOS(=O)(=O)c2ccc(C)cc2)cc1. The van der Waals surface area contributed by atoms with E-state index >= 15 is 0 Å². The fourth-order valence-corrected chi connectivity index (χ4v) is 4.35. The number of rotatable bonds is 16. The third kappa shape index (κ3) is 10.3. The van der Waals surface area contributed by atoms with Crippen molar-refractivity contribution in [1.82, 2.24) is 5.32 Å². The molecule has 0 aliphatic rings. The summed E-state index contributed by atoms with van der Waals surface area (Å²) in [6, 6.07) is 12.9. The molecule has 184 valence electrons. The zero-order valence-corrected chi connectivity index (χ0v) is 20.5. The Morgan fingerprint density at radius 2 is 0.939 bits per heavy atom. The molecule has 0 fully saturated rings. The van der Waals surface area contributed by atoms with E-state index in [-0.39, 0.29) is 36.2 Å². The molecule has 0 amide bonds. The van der Waals surface area contributed by atoms with Crippen molar-refractivity contribution in [2.45, 2.75) is 23.6 Å². The third-order valence-electron chi connectivity index (χ3n) is 4.40. The number of aryl methyl sites for hydroxylation is 2. The quantitative estimate of drug-likeness (QED) is 0.272. The number of benzene rings is 2. The maximum absolute atomic E-state index is 12.0. The summed E-state index contributed by atoms with van der Waals surface area (Å²) in [6.45, 7) is 5.78. The summed E-state index contributed by atoms with van der Waals surface area (Å²) in [6.07, 6.45) is 0. The van der Waals surface area contributed by atoms with Crippen LogP contribution in [0.15, 0.2) is 58.3 Å². The average Bonchev–Trinajstić information content (AvgIpc) is 2.77. The van der Waals surface area contributed by atoms with Crippen LogP contribution in [0.3, 0.4) is 0 Å². The number of hydrogen-bond acceptors (Lipinski definition) is 9. The lowest BCUT2D eigenvalue weighted by atomic mass is 10.2. The molecular weight excluding hydrogens is 470 g/mol. The first-order chi connectivity index (χ1) is 15.7. The molecule has 0 saturated heterocycles. The van der Waals surface area contributed by atoms with E-state index in [1.54, 1.807) is 24.3 Å². The van der Waals surface area contributed by atoms with Gasteiger partial charge in [-0.15, -0.1) is 0 Å². The van der Waals surface area contributed by atoms with Gasteiger partial charge < -0.3 is 14.8 Å². The van der Waals surface area contributed by atoms with E-state index < -0.39 is 20.2 Å². The smallest absolute Gasteiger partial charge is 0.297 e. The van der Waals surface area contributed by atoms with Gasteiger partial charge >= 0.3 is 0 Å². The highest BCUT2D eigenvalue weighted by Crippen LogP contribution is 2.13. The average molecular weight is 502 g/mol. The van der Waals surface area contributed by atoms with Gasteiger partial charge in [0.2, 0.25) is 0 Å². The first kappa shape index (κ1) is 27.4. The summed E-state index contributed by atoms with van der Waals surface area (Å²) in [4.78, 5) is 0.237. The maximum Gasteiger partial charge on any atom is 0.297 e. The van der Waals surface area contributed by atoms with Gasteiger partial charge in [0.1, 0.15) is 0 Å². The lowest BCUT2D eigenvalue weighted by Crippen LogP contribution is -2.25. The molecule has 2 rings (SSSR count). The van der Waals surface area contributed by atoms with Gasteiger partial charge in [-0.05, 0) is 38.1 Å². The number of ether oxygens (including phenoxy) is 2. The monoisotopic (exact) mass is 501 g/mol. The largest absolute Gasteiger partial charge is 0.378 e. The molecule has 0 bridgehead atoms. The van der Waals surface area contributed by atoms with Gasteiger partial charge in [-0.2, -0.15) is 16.8 Å². The van der Waals surface area contributed by atoms with Crippen LogP contribution in [0.5, 0.6) is 0 Å². The van der Waals surface area contributed by atoms with Crippen LogP contribution < -0.4 is 5.32 Å². The molecular formula is C22H31NO8S2. The summed E-state index contributed by atoms with van der Waals surface area (Å²) in [5.74, 6) is 0. The fraction of sp³-hybridized carbons (Fsp3) is 0.455. The molecule has 1 N–H and O–H groups in total. The van der Waals surface area contributed by atoms with Crippen LogP contribution in [0, 0.1) is 13.8 Å². The maximum atomic E-state index is 12.0. The van der Waals surface area contributed by atoms with Crippen LogP contribution in [0.1, 0.15) is 11.1 Å². The van der Waals surface area contributed by atoms with Crippen molar-refractivity contribution in [2.75, 3.05) is 52.7 Å². The van der Waals surface area contributed by atoms with Crippen molar-refractivity contribution in [3.63, 3.8) is 0 Å². The molecule has 0 atom stereocenters. The van der Waals surface area contributed by atoms with Crippen molar-refractivity contribution in [1.29, 1.82) is 0 Å². The standard InChI is InChI=1S/C22H31NO8S2/c1-19-3-7-21(8-4-19)32(24,25)30-17-15-28-13-11-23-12-14-29-16-18-31-33(26,27)22-9-5-20(2)6-10-22/h3-10,23H,11-18H2,1-2H3. The number of hydrogen-bond donors (Lipinski definition) is 1. The summed E-state index contributed by atoms with van der Waals surface area (Å²) >= 11 is 0. The van der Waals surface area contributed by atoms with Crippen molar-refractivity contribution < 1.29 is 34.7 Å². The van der Waals surface area contributed by atoms with E-state index in [2.05, 4.69) is 5.32 Å². The van der Waals surface area contributed by atoms with Crippen LogP contribution >= 0.6 is 0 Å². The highest BCUT2D eigenvalue weighted by Gasteiger charge is 2.15. The Hall–Kier alpha value is -1.86. The number of nitrogens with one attached hydrogen (secondary N) is 1. The topological polar surface area (TPSA) is 117 Å². The van der Waals surface area contributed by atoms with Crippen LogP contribution in [0.4, 0.5) is 0 Å². The van der Waals surface area contributed by atoms with Crippen molar-refractivity contribution >= 4 is 20.2 Å².